The van der Waals surface area contributed by atoms with Crippen molar-refractivity contribution in [3.8, 4) is 0 Å². The number of hydrogen-bond acceptors (Lipinski definition) is 4. The lowest BCUT2D eigenvalue weighted by Gasteiger charge is -2.09. The first-order valence-electron chi connectivity index (χ1n) is 6.82. The number of hydrogen-bond donors (Lipinski definition) is 2. The van der Waals surface area contributed by atoms with E-state index < -0.39 is 0 Å². The molecule has 0 atom stereocenters. The van der Waals surface area contributed by atoms with Crippen LogP contribution < -0.4 is 10.6 Å². The van der Waals surface area contributed by atoms with E-state index in [1.807, 2.05) is 6.92 Å². The summed E-state index contributed by atoms with van der Waals surface area (Å²) >= 11 is 0. The summed E-state index contributed by atoms with van der Waals surface area (Å²) in [5.74, 6) is 0.0545. The Morgan fingerprint density at radius 3 is 2.39 bits per heavy atom. The van der Waals surface area contributed by atoms with Crippen molar-refractivity contribution in [3.05, 3.63) is 0 Å². The van der Waals surface area contributed by atoms with Gasteiger partial charge in [-0.05, 0) is 6.42 Å². The molecule has 0 radical (unpaired) electrons. The van der Waals surface area contributed by atoms with Crippen LogP contribution >= 0.6 is 0 Å². The molecule has 0 rings (SSSR count). The lowest BCUT2D eigenvalue weighted by atomic mass is 10.4. The molecule has 0 saturated carbocycles. The van der Waals surface area contributed by atoms with Gasteiger partial charge in [0.2, 0.25) is 5.91 Å². The van der Waals surface area contributed by atoms with Crippen LogP contribution in [0.4, 0.5) is 0 Å². The Labute approximate surface area is 114 Å². The highest BCUT2D eigenvalue weighted by Crippen LogP contribution is 1.85. The van der Waals surface area contributed by atoms with Crippen molar-refractivity contribution in [2.24, 2.45) is 0 Å². The third-order valence-corrected chi connectivity index (χ3v) is 2.22. The fourth-order valence-electron chi connectivity index (χ4n) is 1.26. The van der Waals surface area contributed by atoms with Crippen molar-refractivity contribution in [3.63, 3.8) is 0 Å². The molecule has 5 nitrogen and oxygen atoms in total. The van der Waals surface area contributed by atoms with Gasteiger partial charge in [-0.3, -0.25) is 4.79 Å². The number of carbonyl (C=O) groups excluding carboxylic acids is 1. The minimum absolute atomic E-state index is 0. The molecule has 0 spiro atoms. The summed E-state index contributed by atoms with van der Waals surface area (Å²) in [6, 6.07) is 0.492. The molecule has 0 aromatic heterocycles. The highest BCUT2D eigenvalue weighted by Gasteiger charge is 1.99. The Morgan fingerprint density at radius 2 is 1.78 bits per heavy atom. The maximum atomic E-state index is 11.2. The van der Waals surface area contributed by atoms with E-state index in [4.69, 9.17) is 9.47 Å². The fraction of sp³-hybridized carbons (Fsp3) is 0.923. The molecule has 0 saturated heterocycles. The Balaban J connectivity index is -0.00000144. The van der Waals surface area contributed by atoms with Crippen molar-refractivity contribution in [2.75, 3.05) is 39.5 Å². The second-order valence-corrected chi connectivity index (χ2v) is 4.43. The van der Waals surface area contributed by atoms with Gasteiger partial charge in [0.05, 0.1) is 26.4 Å². The third kappa shape index (κ3) is 13.4. The molecular formula is C13H32N2O3. The van der Waals surface area contributed by atoms with Crippen molar-refractivity contribution in [1.82, 2.24) is 10.6 Å². The normalized spacial score (nSPS) is 10.9. The lowest BCUT2D eigenvalue weighted by Crippen LogP contribution is -2.27. The van der Waals surface area contributed by atoms with Crippen LogP contribution in [-0.4, -0.2) is 51.5 Å². The monoisotopic (exact) mass is 264 g/mol. The van der Waals surface area contributed by atoms with E-state index in [0.29, 0.717) is 38.9 Å². The molecule has 0 aliphatic heterocycles. The number of amides is 1. The summed E-state index contributed by atoms with van der Waals surface area (Å²) in [5, 5.41) is 6.07. The van der Waals surface area contributed by atoms with Crippen molar-refractivity contribution >= 4 is 5.91 Å². The second kappa shape index (κ2) is 12.8. The summed E-state index contributed by atoms with van der Waals surface area (Å²) in [4.78, 5) is 11.2. The van der Waals surface area contributed by atoms with Crippen molar-refractivity contribution in [1.29, 1.82) is 0 Å². The summed E-state index contributed by atoms with van der Waals surface area (Å²) in [6.07, 6.45) is 1.39. The molecule has 0 bridgehead atoms. The van der Waals surface area contributed by atoms with E-state index in [1.165, 1.54) is 0 Å². The van der Waals surface area contributed by atoms with Gasteiger partial charge in [-0.1, -0.05) is 20.8 Å². The zero-order chi connectivity index (χ0) is 13.6. The van der Waals surface area contributed by atoms with Gasteiger partial charge < -0.3 is 20.1 Å². The van der Waals surface area contributed by atoms with Gasteiger partial charge in [0.1, 0.15) is 0 Å². The van der Waals surface area contributed by atoms with Crippen LogP contribution in [0.3, 0.4) is 0 Å². The average molecular weight is 264 g/mol. The highest BCUT2D eigenvalue weighted by molar-refractivity contribution is 5.75. The fourth-order valence-corrected chi connectivity index (χ4v) is 1.26. The second-order valence-electron chi connectivity index (χ2n) is 4.43. The van der Waals surface area contributed by atoms with E-state index >= 15 is 0 Å². The van der Waals surface area contributed by atoms with Crippen LogP contribution in [0.2, 0.25) is 0 Å². The molecule has 112 valence electrons. The summed E-state index contributed by atoms with van der Waals surface area (Å²) in [7, 11) is 0. The van der Waals surface area contributed by atoms with Crippen LogP contribution in [-0.2, 0) is 14.3 Å². The van der Waals surface area contributed by atoms with Gasteiger partial charge in [0.25, 0.3) is 0 Å². The molecule has 5 heteroatoms. The molecule has 0 aromatic carbocycles. The molecule has 0 heterocycles. The van der Waals surface area contributed by atoms with Crippen LogP contribution in [0.15, 0.2) is 0 Å². The van der Waals surface area contributed by atoms with Gasteiger partial charge in [-0.2, -0.15) is 0 Å². The van der Waals surface area contributed by atoms with Gasteiger partial charge in [0.15, 0.2) is 0 Å². The van der Waals surface area contributed by atoms with Gasteiger partial charge in [-0.15, -0.1) is 0 Å². The Hall–Kier alpha value is -0.650. The maximum Gasteiger partial charge on any atom is 0.222 e. The molecule has 0 unspecified atom stereocenters. The molecule has 0 aliphatic carbocycles. The first-order valence-corrected chi connectivity index (χ1v) is 6.82. The Bertz CT molecular complexity index is 208. The predicted molar refractivity (Wildman–Crippen MR) is 76.9 cm³/mol. The first kappa shape index (κ1) is 17.4. The molecular weight excluding hydrogens is 232 g/mol. The standard InChI is InChI=1S/C13H28N2O3.2H2/c1-4-6-15-13(16)5-8-17-10-11-18-9-7-14-12(2)3;;/h12,14H,4-11H2,1-3H3,(H,15,16);2*1H. The van der Waals surface area contributed by atoms with Crippen LogP contribution in [0.5, 0.6) is 0 Å². The van der Waals surface area contributed by atoms with Crippen molar-refractivity contribution < 1.29 is 17.1 Å². The largest absolute Gasteiger partial charge is 0.379 e. The Kier molecular flexibility index (Phi) is 12.3. The molecule has 1 amide bonds. The van der Waals surface area contributed by atoms with E-state index in [1.54, 1.807) is 0 Å². The molecule has 0 aromatic rings. The van der Waals surface area contributed by atoms with Crippen LogP contribution in [0.1, 0.15) is 36.5 Å². The zero-order valence-electron chi connectivity index (χ0n) is 12.0. The van der Waals surface area contributed by atoms with E-state index in [0.717, 1.165) is 19.5 Å². The van der Waals surface area contributed by atoms with E-state index in [2.05, 4.69) is 24.5 Å². The minimum atomic E-state index is 0. The summed E-state index contributed by atoms with van der Waals surface area (Å²) in [6.45, 7) is 10.1. The van der Waals surface area contributed by atoms with Crippen LogP contribution in [0.25, 0.3) is 0 Å². The average Bonchev–Trinajstić information content (AvgIpc) is 2.34. The quantitative estimate of drug-likeness (QED) is 0.524. The Morgan fingerprint density at radius 1 is 1.11 bits per heavy atom. The van der Waals surface area contributed by atoms with Crippen LogP contribution in [0, 0.1) is 0 Å². The molecule has 18 heavy (non-hydrogen) atoms. The van der Waals surface area contributed by atoms with E-state index in [-0.39, 0.29) is 8.76 Å². The zero-order valence-corrected chi connectivity index (χ0v) is 12.0. The SMILES string of the molecule is CCCNC(=O)CCOCCOCCNC(C)C.[HH].[HH]. The molecule has 0 aliphatic rings. The predicted octanol–water partition coefficient (Wildman–Crippen LogP) is 1.43. The number of nitrogens with one attached hydrogen (secondary N) is 2. The molecule has 2 N–H and O–H groups in total. The topological polar surface area (TPSA) is 59.6 Å². The minimum Gasteiger partial charge on any atom is -0.379 e. The third-order valence-electron chi connectivity index (χ3n) is 2.22. The lowest BCUT2D eigenvalue weighted by molar-refractivity contribution is -0.122. The maximum absolute atomic E-state index is 11.2. The smallest absolute Gasteiger partial charge is 0.222 e. The van der Waals surface area contributed by atoms with Gasteiger partial charge in [0, 0.05) is 28.4 Å². The summed E-state index contributed by atoms with van der Waals surface area (Å²) in [5.41, 5.74) is 0. The van der Waals surface area contributed by atoms with Gasteiger partial charge >= 0.3 is 0 Å². The number of rotatable bonds is 12. The highest BCUT2D eigenvalue weighted by atomic mass is 16.5. The van der Waals surface area contributed by atoms with Crippen molar-refractivity contribution in [2.45, 2.75) is 39.7 Å². The summed E-state index contributed by atoms with van der Waals surface area (Å²) < 4.78 is 10.7. The first-order chi connectivity index (χ1) is 8.66. The van der Waals surface area contributed by atoms with E-state index in [9.17, 15) is 4.79 Å². The molecule has 0 fully saturated rings. The number of ether oxygens (including phenoxy) is 2. The number of carbonyl (C=O) groups is 1. The van der Waals surface area contributed by atoms with Gasteiger partial charge in [-0.25, -0.2) is 0 Å².